The number of hydrogen-bond acceptors (Lipinski definition) is 4. The average molecular weight is 598 g/mol. The molecule has 0 saturated carbocycles. The molecule has 0 aliphatic rings. The predicted molar refractivity (Wildman–Crippen MR) is 166 cm³/mol. The van der Waals surface area contributed by atoms with Crippen LogP contribution in [0, 0.1) is 20.8 Å². The molecule has 0 fully saturated rings. The molecule has 3 aromatic rings. The first-order valence-corrected chi connectivity index (χ1v) is 15.7. The van der Waals surface area contributed by atoms with Crippen molar-refractivity contribution in [3.05, 3.63) is 94.0 Å². The lowest BCUT2D eigenvalue weighted by molar-refractivity contribution is -0.140. The van der Waals surface area contributed by atoms with Gasteiger partial charge in [-0.05, 0) is 81.5 Å². The number of carbonyl (C=O) groups is 2. The third kappa shape index (κ3) is 7.68. The van der Waals surface area contributed by atoms with Crippen molar-refractivity contribution >= 4 is 39.1 Å². The Morgan fingerprint density at radius 2 is 1.56 bits per heavy atom. The molecule has 9 heteroatoms. The molecule has 0 radical (unpaired) electrons. The van der Waals surface area contributed by atoms with Gasteiger partial charge in [0.1, 0.15) is 12.6 Å². The van der Waals surface area contributed by atoms with Crippen LogP contribution in [0.15, 0.2) is 71.6 Å². The van der Waals surface area contributed by atoms with E-state index in [0.717, 1.165) is 27.4 Å². The van der Waals surface area contributed by atoms with Gasteiger partial charge in [0.2, 0.25) is 11.8 Å². The largest absolute Gasteiger partial charge is 0.352 e. The molecule has 2 amide bonds. The van der Waals surface area contributed by atoms with Crippen LogP contribution in [0.4, 0.5) is 5.69 Å². The zero-order valence-electron chi connectivity index (χ0n) is 24.6. The van der Waals surface area contributed by atoms with Crippen LogP contribution in [0.3, 0.4) is 0 Å². The second kappa shape index (κ2) is 14.0. The van der Waals surface area contributed by atoms with E-state index in [1.165, 1.54) is 4.90 Å². The highest BCUT2D eigenvalue weighted by Crippen LogP contribution is 2.30. The number of rotatable bonds is 12. The van der Waals surface area contributed by atoms with Gasteiger partial charge in [0.05, 0.1) is 10.6 Å². The van der Waals surface area contributed by atoms with Gasteiger partial charge in [-0.1, -0.05) is 73.5 Å². The van der Waals surface area contributed by atoms with Crippen molar-refractivity contribution < 1.29 is 18.0 Å². The molecule has 0 aromatic heterocycles. The molecule has 41 heavy (non-hydrogen) atoms. The molecule has 220 valence electrons. The van der Waals surface area contributed by atoms with Gasteiger partial charge >= 0.3 is 0 Å². The molecule has 0 saturated heterocycles. The minimum Gasteiger partial charge on any atom is -0.352 e. The molecule has 0 aliphatic heterocycles. The summed E-state index contributed by atoms with van der Waals surface area (Å²) in [5.41, 5.74) is 3.63. The zero-order valence-corrected chi connectivity index (χ0v) is 26.2. The van der Waals surface area contributed by atoms with Gasteiger partial charge in [0.15, 0.2) is 0 Å². The topological polar surface area (TPSA) is 86.8 Å². The van der Waals surface area contributed by atoms with Crippen LogP contribution in [0.25, 0.3) is 0 Å². The van der Waals surface area contributed by atoms with E-state index in [2.05, 4.69) is 5.32 Å². The summed E-state index contributed by atoms with van der Waals surface area (Å²) in [5, 5.41) is 3.44. The van der Waals surface area contributed by atoms with Gasteiger partial charge in [-0.2, -0.15) is 0 Å². The Morgan fingerprint density at radius 3 is 2.17 bits per heavy atom. The fraction of sp³-hybridized carbons (Fsp3) is 0.375. The molecular weight excluding hydrogens is 558 g/mol. The predicted octanol–water partition coefficient (Wildman–Crippen LogP) is 6.18. The maximum atomic E-state index is 14.2. The molecule has 3 rings (SSSR count). The smallest absolute Gasteiger partial charge is 0.264 e. The normalized spacial score (nSPS) is 12.9. The van der Waals surface area contributed by atoms with Gasteiger partial charge in [-0.25, -0.2) is 8.42 Å². The molecule has 0 unspecified atom stereocenters. The number of amides is 2. The van der Waals surface area contributed by atoms with E-state index in [1.54, 1.807) is 54.6 Å². The number of hydrogen-bond donors (Lipinski definition) is 1. The van der Waals surface area contributed by atoms with Crippen LogP contribution in [0.5, 0.6) is 0 Å². The summed E-state index contributed by atoms with van der Waals surface area (Å²) < 4.78 is 29.3. The summed E-state index contributed by atoms with van der Waals surface area (Å²) in [6.07, 6.45) is 1.07. The number of sulfonamides is 1. The van der Waals surface area contributed by atoms with E-state index in [9.17, 15) is 18.0 Å². The fourth-order valence-electron chi connectivity index (χ4n) is 4.53. The lowest BCUT2D eigenvalue weighted by Gasteiger charge is -2.34. The van der Waals surface area contributed by atoms with E-state index in [0.29, 0.717) is 22.7 Å². The molecule has 0 aliphatic carbocycles. The van der Waals surface area contributed by atoms with E-state index < -0.39 is 28.5 Å². The molecule has 1 N–H and O–H groups in total. The monoisotopic (exact) mass is 597 g/mol. The van der Waals surface area contributed by atoms with Crippen LogP contribution < -0.4 is 9.62 Å². The third-order valence-corrected chi connectivity index (χ3v) is 9.56. The SMILES string of the molecule is CC[C@H](C(=O)N[C@@H](C)CC)N(Cc1ccccc1Cl)C(=O)CN(c1cccc(C)c1C)S(=O)(=O)c1ccc(C)cc1. The second-order valence-electron chi connectivity index (χ2n) is 10.4. The minimum absolute atomic E-state index is 0.0517. The standard InChI is InChI=1S/C32H40ClN3O4S/c1-7-24(5)34-32(38)29(8-2)35(20-26-13-9-10-14-28(26)33)31(37)21-36(30-15-11-12-23(4)25(30)6)41(39,40)27-18-16-22(3)17-19-27/h9-19,24,29H,7-8,20-21H2,1-6H3,(H,34,38)/t24-,29+/m0/s1. The first kappa shape index (κ1) is 32.2. The van der Waals surface area contributed by atoms with Crippen molar-refractivity contribution in [2.24, 2.45) is 0 Å². The lowest BCUT2D eigenvalue weighted by Crippen LogP contribution is -2.53. The van der Waals surface area contributed by atoms with Crippen LogP contribution >= 0.6 is 11.6 Å². The van der Waals surface area contributed by atoms with E-state index >= 15 is 0 Å². The number of nitrogens with one attached hydrogen (secondary N) is 1. The van der Waals surface area contributed by atoms with Crippen LogP contribution in [0.2, 0.25) is 5.02 Å². The molecule has 0 spiro atoms. The van der Waals surface area contributed by atoms with Gasteiger partial charge < -0.3 is 10.2 Å². The van der Waals surface area contributed by atoms with Crippen molar-refractivity contribution in [2.75, 3.05) is 10.8 Å². The van der Waals surface area contributed by atoms with Crippen LogP contribution in [0.1, 0.15) is 55.9 Å². The van der Waals surface area contributed by atoms with Crippen molar-refractivity contribution in [1.29, 1.82) is 0 Å². The Kier molecular flexibility index (Phi) is 11.0. The number of anilines is 1. The molecular formula is C32H40ClN3O4S. The van der Waals surface area contributed by atoms with E-state index in [1.807, 2.05) is 53.7 Å². The van der Waals surface area contributed by atoms with Crippen LogP contribution in [-0.2, 0) is 26.2 Å². The maximum absolute atomic E-state index is 14.2. The lowest BCUT2D eigenvalue weighted by atomic mass is 10.1. The number of aryl methyl sites for hydroxylation is 2. The minimum atomic E-state index is -4.14. The maximum Gasteiger partial charge on any atom is 0.264 e. The number of carbonyl (C=O) groups excluding carboxylic acids is 2. The van der Waals surface area contributed by atoms with Crippen LogP contribution in [-0.4, -0.2) is 43.8 Å². The number of nitrogens with zero attached hydrogens (tertiary/aromatic N) is 2. The van der Waals surface area contributed by atoms with Crippen molar-refractivity contribution in [2.45, 2.75) is 77.9 Å². The molecule has 0 bridgehead atoms. The first-order valence-electron chi connectivity index (χ1n) is 13.9. The van der Waals surface area contributed by atoms with Gasteiger partial charge in [0, 0.05) is 17.6 Å². The molecule has 2 atom stereocenters. The summed E-state index contributed by atoms with van der Waals surface area (Å²) in [5.74, 6) is -0.797. The van der Waals surface area contributed by atoms with E-state index in [-0.39, 0.29) is 23.4 Å². The quantitative estimate of drug-likeness (QED) is 0.270. The first-order chi connectivity index (χ1) is 19.4. The van der Waals surface area contributed by atoms with Gasteiger partial charge in [-0.15, -0.1) is 0 Å². The highest BCUT2D eigenvalue weighted by molar-refractivity contribution is 7.92. The third-order valence-electron chi connectivity index (χ3n) is 7.42. The Bertz CT molecular complexity index is 1470. The zero-order chi connectivity index (χ0) is 30.3. The average Bonchev–Trinajstić information content (AvgIpc) is 2.94. The highest BCUT2D eigenvalue weighted by atomic mass is 35.5. The molecule has 0 heterocycles. The Hall–Kier alpha value is -3.36. The molecule has 7 nitrogen and oxygen atoms in total. The number of halogens is 1. The second-order valence-corrected chi connectivity index (χ2v) is 12.7. The Morgan fingerprint density at radius 1 is 0.902 bits per heavy atom. The summed E-state index contributed by atoms with van der Waals surface area (Å²) in [6, 6.07) is 18.1. The molecule has 3 aromatic carbocycles. The van der Waals surface area contributed by atoms with E-state index in [4.69, 9.17) is 11.6 Å². The Balaban J connectivity index is 2.11. The van der Waals surface area contributed by atoms with Gasteiger partial charge in [0.25, 0.3) is 10.0 Å². The summed E-state index contributed by atoms with van der Waals surface area (Å²) >= 11 is 6.47. The van der Waals surface area contributed by atoms with Crippen molar-refractivity contribution in [3.63, 3.8) is 0 Å². The Labute approximate surface area is 249 Å². The van der Waals surface area contributed by atoms with Crippen molar-refractivity contribution in [3.8, 4) is 0 Å². The fourth-order valence-corrected chi connectivity index (χ4v) is 6.19. The summed E-state index contributed by atoms with van der Waals surface area (Å²) in [6.45, 7) is 10.9. The highest BCUT2D eigenvalue weighted by Gasteiger charge is 2.34. The summed E-state index contributed by atoms with van der Waals surface area (Å²) in [7, 11) is -4.14. The summed E-state index contributed by atoms with van der Waals surface area (Å²) in [4.78, 5) is 29.2. The number of benzene rings is 3. The van der Waals surface area contributed by atoms with Crippen molar-refractivity contribution in [1.82, 2.24) is 10.2 Å². The van der Waals surface area contributed by atoms with Gasteiger partial charge in [-0.3, -0.25) is 13.9 Å².